The second-order valence-corrected chi connectivity index (χ2v) is 7.02. The molecule has 0 aromatic rings. The Morgan fingerprint density at radius 3 is 2.43 bits per heavy atom. The zero-order chi connectivity index (χ0) is 15.4. The molecule has 2 unspecified atom stereocenters. The van der Waals surface area contributed by atoms with Crippen molar-refractivity contribution in [2.75, 3.05) is 39.4 Å². The molecule has 5 heteroatoms. The molecule has 0 bridgehead atoms. The van der Waals surface area contributed by atoms with E-state index in [4.69, 9.17) is 4.74 Å². The van der Waals surface area contributed by atoms with Crippen LogP contribution in [0.5, 0.6) is 0 Å². The van der Waals surface area contributed by atoms with Gasteiger partial charge >= 0.3 is 0 Å². The Morgan fingerprint density at radius 1 is 1.19 bits per heavy atom. The van der Waals surface area contributed by atoms with Crippen LogP contribution in [0.3, 0.4) is 0 Å². The predicted molar refractivity (Wildman–Crippen MR) is 84.0 cm³/mol. The highest BCUT2D eigenvalue weighted by Gasteiger charge is 2.40. The van der Waals surface area contributed by atoms with Crippen molar-refractivity contribution in [2.45, 2.75) is 46.3 Å². The zero-order valence-electron chi connectivity index (χ0n) is 14.0. The number of hydrogen-bond donors (Lipinski definition) is 1. The van der Waals surface area contributed by atoms with Gasteiger partial charge in [0.1, 0.15) is 0 Å². The Labute approximate surface area is 129 Å². The summed E-state index contributed by atoms with van der Waals surface area (Å²) in [4.78, 5) is 17.1. The first-order chi connectivity index (χ1) is 9.99. The Morgan fingerprint density at radius 2 is 1.86 bits per heavy atom. The summed E-state index contributed by atoms with van der Waals surface area (Å²) in [7, 11) is 0. The molecule has 0 saturated carbocycles. The number of ether oxygens (including phenoxy) is 1. The summed E-state index contributed by atoms with van der Waals surface area (Å²) < 4.78 is 5.38. The van der Waals surface area contributed by atoms with Gasteiger partial charge in [0.05, 0.1) is 25.4 Å². The number of nitrogens with one attached hydrogen (secondary N) is 1. The molecule has 2 aliphatic heterocycles. The minimum atomic E-state index is -0.0153. The molecule has 122 valence electrons. The van der Waals surface area contributed by atoms with Crippen molar-refractivity contribution in [3.63, 3.8) is 0 Å². The molecule has 0 aliphatic carbocycles. The smallest absolute Gasteiger partial charge is 0.241 e. The van der Waals surface area contributed by atoms with Crippen LogP contribution in [-0.4, -0.2) is 67.3 Å². The van der Waals surface area contributed by atoms with E-state index in [0.717, 1.165) is 45.8 Å². The highest BCUT2D eigenvalue weighted by molar-refractivity contribution is 5.84. The average molecular weight is 297 g/mol. The molecule has 2 fully saturated rings. The summed E-state index contributed by atoms with van der Waals surface area (Å²) in [5.74, 6) is 1.22. The lowest BCUT2D eigenvalue weighted by atomic mass is 10.0. The van der Waals surface area contributed by atoms with Crippen LogP contribution < -0.4 is 5.32 Å². The topological polar surface area (TPSA) is 44.8 Å². The van der Waals surface area contributed by atoms with Gasteiger partial charge < -0.3 is 9.64 Å². The fraction of sp³-hybridized carbons (Fsp3) is 0.938. The minimum absolute atomic E-state index is 0.0153. The van der Waals surface area contributed by atoms with Gasteiger partial charge in [0, 0.05) is 26.2 Å². The minimum Gasteiger partial charge on any atom is -0.379 e. The predicted octanol–water partition coefficient (Wildman–Crippen LogP) is 1.15. The third kappa shape index (κ3) is 4.41. The molecule has 2 aliphatic rings. The van der Waals surface area contributed by atoms with Gasteiger partial charge in [0.25, 0.3) is 0 Å². The quantitative estimate of drug-likeness (QED) is 0.799. The lowest BCUT2D eigenvalue weighted by molar-refractivity contribution is -0.131. The third-order valence-corrected chi connectivity index (χ3v) is 4.42. The molecule has 5 nitrogen and oxygen atoms in total. The van der Waals surface area contributed by atoms with Crippen LogP contribution in [0.15, 0.2) is 0 Å². The average Bonchev–Trinajstić information content (AvgIpc) is 2.74. The maximum Gasteiger partial charge on any atom is 0.241 e. The number of morpholine rings is 1. The highest BCUT2D eigenvalue weighted by Crippen LogP contribution is 2.21. The summed E-state index contributed by atoms with van der Waals surface area (Å²) in [6, 6.07) is -0.0153. The van der Waals surface area contributed by atoms with Crippen molar-refractivity contribution in [3.8, 4) is 0 Å². The second kappa shape index (κ2) is 7.56. The highest BCUT2D eigenvalue weighted by atomic mass is 16.5. The molecule has 2 rings (SSSR count). The van der Waals surface area contributed by atoms with Crippen LogP contribution in [0.1, 0.15) is 34.1 Å². The monoisotopic (exact) mass is 297 g/mol. The summed E-state index contributed by atoms with van der Waals surface area (Å²) in [6.07, 6.45) is 1.23. The largest absolute Gasteiger partial charge is 0.379 e. The van der Waals surface area contributed by atoms with Crippen LogP contribution in [-0.2, 0) is 9.53 Å². The fourth-order valence-electron chi connectivity index (χ4n) is 3.16. The van der Waals surface area contributed by atoms with E-state index in [2.05, 4.69) is 42.8 Å². The molecular formula is C16H31N3O2. The van der Waals surface area contributed by atoms with E-state index in [-0.39, 0.29) is 18.1 Å². The SMILES string of the molecule is CC(C)CC1NC(C(C)C)C(=O)N1CCN1CCOCC1. The van der Waals surface area contributed by atoms with Crippen molar-refractivity contribution in [2.24, 2.45) is 11.8 Å². The molecule has 0 radical (unpaired) electrons. The van der Waals surface area contributed by atoms with Crippen molar-refractivity contribution in [3.05, 3.63) is 0 Å². The summed E-state index contributed by atoms with van der Waals surface area (Å²) in [6.45, 7) is 14.1. The molecule has 21 heavy (non-hydrogen) atoms. The van der Waals surface area contributed by atoms with Crippen LogP contribution in [0.2, 0.25) is 0 Å². The summed E-state index contributed by atoms with van der Waals surface area (Å²) in [5.41, 5.74) is 0. The number of nitrogens with zero attached hydrogens (tertiary/aromatic N) is 2. The van der Waals surface area contributed by atoms with Gasteiger partial charge in [-0.2, -0.15) is 0 Å². The number of carbonyl (C=O) groups is 1. The first-order valence-electron chi connectivity index (χ1n) is 8.35. The van der Waals surface area contributed by atoms with E-state index in [1.807, 2.05) is 0 Å². The van der Waals surface area contributed by atoms with E-state index in [9.17, 15) is 4.79 Å². The van der Waals surface area contributed by atoms with Gasteiger partial charge in [-0.3, -0.25) is 15.0 Å². The molecule has 2 saturated heterocycles. The molecule has 0 aromatic heterocycles. The maximum absolute atomic E-state index is 12.6. The Bertz CT molecular complexity index is 340. The van der Waals surface area contributed by atoms with Crippen molar-refractivity contribution in [1.82, 2.24) is 15.1 Å². The fourth-order valence-corrected chi connectivity index (χ4v) is 3.16. The number of rotatable bonds is 6. The van der Waals surface area contributed by atoms with Crippen LogP contribution in [0.25, 0.3) is 0 Å². The van der Waals surface area contributed by atoms with E-state index >= 15 is 0 Å². The Hall–Kier alpha value is -0.650. The molecule has 0 aromatic carbocycles. The van der Waals surface area contributed by atoms with Gasteiger partial charge in [-0.15, -0.1) is 0 Å². The standard InChI is InChI=1S/C16H31N3O2/c1-12(2)11-14-17-15(13(3)4)16(20)19(14)6-5-18-7-9-21-10-8-18/h12-15,17H,5-11H2,1-4H3. The van der Waals surface area contributed by atoms with Crippen LogP contribution in [0, 0.1) is 11.8 Å². The van der Waals surface area contributed by atoms with Crippen molar-refractivity contribution >= 4 is 5.91 Å². The van der Waals surface area contributed by atoms with E-state index in [0.29, 0.717) is 11.8 Å². The lowest BCUT2D eigenvalue weighted by Crippen LogP contribution is -2.45. The summed E-state index contributed by atoms with van der Waals surface area (Å²) in [5, 5.41) is 3.54. The molecule has 1 N–H and O–H groups in total. The van der Waals surface area contributed by atoms with Gasteiger partial charge in [-0.25, -0.2) is 0 Å². The first kappa shape index (κ1) is 16.7. The van der Waals surface area contributed by atoms with Gasteiger partial charge in [-0.05, 0) is 18.3 Å². The molecular weight excluding hydrogens is 266 g/mol. The van der Waals surface area contributed by atoms with E-state index < -0.39 is 0 Å². The van der Waals surface area contributed by atoms with Crippen LogP contribution >= 0.6 is 0 Å². The number of carbonyl (C=O) groups excluding carboxylic acids is 1. The molecule has 2 heterocycles. The van der Waals surface area contributed by atoms with Crippen molar-refractivity contribution < 1.29 is 9.53 Å². The molecule has 2 atom stereocenters. The Balaban J connectivity index is 1.93. The molecule has 0 spiro atoms. The van der Waals surface area contributed by atoms with Gasteiger partial charge in [0.2, 0.25) is 5.91 Å². The lowest BCUT2D eigenvalue weighted by Gasteiger charge is -2.31. The van der Waals surface area contributed by atoms with E-state index in [1.165, 1.54) is 0 Å². The maximum atomic E-state index is 12.6. The van der Waals surface area contributed by atoms with Gasteiger partial charge in [0.15, 0.2) is 0 Å². The van der Waals surface area contributed by atoms with E-state index in [1.54, 1.807) is 0 Å². The van der Waals surface area contributed by atoms with Crippen molar-refractivity contribution in [1.29, 1.82) is 0 Å². The number of amides is 1. The third-order valence-electron chi connectivity index (χ3n) is 4.42. The number of hydrogen-bond acceptors (Lipinski definition) is 4. The summed E-state index contributed by atoms with van der Waals surface area (Å²) >= 11 is 0. The second-order valence-electron chi connectivity index (χ2n) is 7.02. The molecule has 1 amide bonds. The normalized spacial score (nSPS) is 28.1. The van der Waals surface area contributed by atoms with Crippen LogP contribution in [0.4, 0.5) is 0 Å². The Kier molecular flexibility index (Phi) is 6.02. The zero-order valence-corrected chi connectivity index (χ0v) is 14.0. The first-order valence-corrected chi connectivity index (χ1v) is 8.35. The van der Waals surface area contributed by atoms with Gasteiger partial charge in [-0.1, -0.05) is 27.7 Å².